The van der Waals surface area contributed by atoms with Gasteiger partial charge >= 0.3 is 18.0 Å². The molecule has 52 heavy (non-hydrogen) atoms. The van der Waals surface area contributed by atoms with Crippen LogP contribution in [0.25, 0.3) is 0 Å². The molecule has 0 radical (unpaired) electrons. The van der Waals surface area contributed by atoms with Gasteiger partial charge in [0.05, 0.1) is 29.4 Å². The Bertz CT molecular complexity index is 1400. The number of aliphatic carboxylic acids is 1. The maximum atomic E-state index is 11.7. The number of nitrogens with one attached hydrogen (secondary N) is 2. The van der Waals surface area contributed by atoms with Crippen molar-refractivity contribution in [3.63, 3.8) is 0 Å². The van der Waals surface area contributed by atoms with Crippen molar-refractivity contribution in [2.75, 3.05) is 52.0 Å². The number of anilines is 1. The molecule has 17 heteroatoms. The number of carboxylic acid groups (broad SMARTS) is 1. The molecule has 0 bridgehead atoms. The first kappa shape index (κ1) is 46.8. The second-order valence-corrected chi connectivity index (χ2v) is 11.6. The molecule has 17 nitrogen and oxygen atoms in total. The zero-order valence-electron chi connectivity index (χ0n) is 29.8. The largest absolute Gasteiger partial charge is 0.481 e. The predicted octanol–water partition coefficient (Wildman–Crippen LogP) is 5.69. The highest BCUT2D eigenvalue weighted by atomic mass is 16.6. The summed E-state index contributed by atoms with van der Waals surface area (Å²) in [7, 11) is 3.07. The number of nitro benzene ring substituents is 1. The van der Waals surface area contributed by atoms with Gasteiger partial charge < -0.3 is 40.0 Å². The Hall–Kier alpha value is -5.16. The Balaban J connectivity index is 0.00000108. The van der Waals surface area contributed by atoms with E-state index in [9.17, 15) is 29.3 Å². The molecular weight excluding hydrogens is 680 g/mol. The van der Waals surface area contributed by atoms with Gasteiger partial charge in [0.2, 0.25) is 5.91 Å². The van der Waals surface area contributed by atoms with Crippen LogP contribution < -0.4 is 15.5 Å². The number of aliphatic hydroxyl groups is 1. The summed E-state index contributed by atoms with van der Waals surface area (Å²) in [5.74, 6) is -1.80. The van der Waals surface area contributed by atoms with E-state index in [1.807, 2.05) is 24.0 Å². The van der Waals surface area contributed by atoms with Crippen LogP contribution >= 0.6 is 0 Å². The number of likely N-dealkylation sites (N-methyl/N-ethyl adjacent to an activating group) is 2. The molecule has 0 saturated heterocycles. The van der Waals surface area contributed by atoms with E-state index in [0.717, 1.165) is 18.5 Å². The van der Waals surface area contributed by atoms with Crippen LogP contribution in [0.1, 0.15) is 66.7 Å². The molecule has 1 unspecified atom stereocenters. The van der Waals surface area contributed by atoms with E-state index < -0.39 is 47.1 Å². The van der Waals surface area contributed by atoms with Crippen LogP contribution in [-0.4, -0.2) is 97.8 Å². The molecule has 4 N–H and O–H groups in total. The highest BCUT2D eigenvalue weighted by molar-refractivity contribution is 5.85. The lowest BCUT2D eigenvalue weighted by Crippen LogP contribution is -2.49. The summed E-state index contributed by atoms with van der Waals surface area (Å²) in [5.41, 5.74) is 1.42. The van der Waals surface area contributed by atoms with Gasteiger partial charge in [-0.1, -0.05) is 7.43 Å². The molecule has 0 aliphatic heterocycles. The monoisotopic (exact) mass is 734 g/mol. The molecule has 0 aliphatic rings. The van der Waals surface area contributed by atoms with Gasteiger partial charge in [-0.2, -0.15) is 10.2 Å². The van der Waals surface area contributed by atoms with Crippen LogP contribution in [0.15, 0.2) is 58.8 Å². The topological polar surface area (TPSA) is 232 Å². The summed E-state index contributed by atoms with van der Waals surface area (Å²) in [6.07, 6.45) is 2.03. The van der Waals surface area contributed by atoms with Gasteiger partial charge in [0.15, 0.2) is 0 Å². The van der Waals surface area contributed by atoms with Gasteiger partial charge in [-0.25, -0.2) is 4.79 Å². The molecule has 1 atom stereocenters. The van der Waals surface area contributed by atoms with Crippen molar-refractivity contribution in [2.45, 2.75) is 78.4 Å². The lowest BCUT2D eigenvalue weighted by atomic mass is 10.0. The van der Waals surface area contributed by atoms with E-state index >= 15 is 0 Å². The zero-order valence-corrected chi connectivity index (χ0v) is 29.8. The normalized spacial score (nSPS) is 11.3. The SMILES string of the molecule is C.CCN(CCOC(=O)CCCC(=O)O)c1ccc(N=Nc2ccc([N+](=O)[O-])cc2)cc1.CNC(=O)C(CO)NC(=O)OC(C)(C)CCCCOC. The Kier molecular flexibility index (Phi) is 23.2. The van der Waals surface area contributed by atoms with Gasteiger partial charge in [-0.3, -0.25) is 24.5 Å². The fraction of sp³-hybridized carbons (Fsp3) is 0.543. The fourth-order valence-corrected chi connectivity index (χ4v) is 4.32. The summed E-state index contributed by atoms with van der Waals surface area (Å²) in [5, 5.41) is 41.2. The third-order valence-corrected chi connectivity index (χ3v) is 7.12. The number of esters is 1. The summed E-state index contributed by atoms with van der Waals surface area (Å²) in [6, 6.07) is 12.1. The van der Waals surface area contributed by atoms with E-state index in [1.165, 1.54) is 31.3 Å². The average molecular weight is 735 g/mol. The van der Waals surface area contributed by atoms with E-state index in [-0.39, 0.29) is 39.0 Å². The van der Waals surface area contributed by atoms with E-state index in [0.29, 0.717) is 37.5 Å². The molecule has 2 amide bonds. The fourth-order valence-electron chi connectivity index (χ4n) is 4.32. The quantitative estimate of drug-likeness (QED) is 0.0399. The van der Waals surface area contributed by atoms with Gasteiger partial charge in [0, 0.05) is 58.0 Å². The van der Waals surface area contributed by atoms with Gasteiger partial charge in [-0.15, -0.1) is 0 Å². The van der Waals surface area contributed by atoms with E-state index in [2.05, 4.69) is 20.9 Å². The Morgan fingerprint density at radius 3 is 2.06 bits per heavy atom. The number of azo groups is 1. The minimum absolute atomic E-state index is 0. The second kappa shape index (κ2) is 25.7. The molecule has 2 rings (SSSR count). The highest BCUT2D eigenvalue weighted by Crippen LogP contribution is 2.24. The number of alkyl carbamates (subject to hydrolysis) is 1. The summed E-state index contributed by atoms with van der Waals surface area (Å²) >= 11 is 0. The zero-order chi connectivity index (χ0) is 38.2. The Morgan fingerprint density at radius 1 is 0.962 bits per heavy atom. The number of carbonyl (C=O) groups is 4. The van der Waals surface area contributed by atoms with Crippen molar-refractivity contribution in [3.8, 4) is 0 Å². The van der Waals surface area contributed by atoms with Crippen molar-refractivity contribution in [1.82, 2.24) is 10.6 Å². The summed E-state index contributed by atoms with van der Waals surface area (Å²) in [4.78, 5) is 57.3. The van der Waals surface area contributed by atoms with E-state index in [4.69, 9.17) is 24.4 Å². The number of unbranched alkanes of at least 4 members (excludes halogenated alkanes) is 1. The molecular formula is C35H54N6O11. The molecule has 0 fully saturated rings. The Morgan fingerprint density at radius 2 is 1.56 bits per heavy atom. The molecule has 290 valence electrons. The lowest BCUT2D eigenvalue weighted by molar-refractivity contribution is -0.384. The number of non-ortho nitro benzene ring substituents is 1. The Labute approximate surface area is 304 Å². The number of aliphatic hydroxyl groups excluding tert-OH is 1. The smallest absolute Gasteiger partial charge is 0.408 e. The first-order valence-electron chi connectivity index (χ1n) is 16.4. The van der Waals surface area contributed by atoms with Crippen molar-refractivity contribution in [1.29, 1.82) is 0 Å². The number of hydrogen-bond acceptors (Lipinski definition) is 13. The number of hydrogen-bond donors (Lipinski definition) is 4. The average Bonchev–Trinajstić information content (AvgIpc) is 3.10. The maximum Gasteiger partial charge on any atom is 0.408 e. The number of rotatable bonds is 21. The van der Waals surface area contributed by atoms with Crippen molar-refractivity contribution >= 4 is 46.7 Å². The molecule has 0 saturated carbocycles. The number of carbonyl (C=O) groups excluding carboxylic acids is 3. The molecule has 0 spiro atoms. The maximum absolute atomic E-state index is 11.7. The third kappa shape index (κ3) is 19.9. The van der Waals surface area contributed by atoms with Crippen molar-refractivity contribution in [3.05, 3.63) is 58.6 Å². The van der Waals surface area contributed by atoms with Crippen LogP contribution in [0, 0.1) is 10.1 Å². The van der Waals surface area contributed by atoms with Crippen LogP contribution in [0.3, 0.4) is 0 Å². The minimum Gasteiger partial charge on any atom is -0.481 e. The van der Waals surface area contributed by atoms with Crippen LogP contribution in [-0.2, 0) is 28.6 Å². The first-order chi connectivity index (χ1) is 24.2. The molecule has 2 aromatic rings. The predicted molar refractivity (Wildman–Crippen MR) is 195 cm³/mol. The first-order valence-corrected chi connectivity index (χ1v) is 16.4. The standard InChI is InChI=1S/C21H24N4O6.C13H26N2O5.CH4/c1-2-24(14-15-31-21(28)5-3-4-20(26)27)18-10-6-16(7-11-18)22-23-17-8-12-19(13-9-17)25(29)30;1-13(2,7-5-6-8-19-4)20-12(18)15-10(9-16)11(17)14-3;/h6-13H,2-5,14-15H2,1H3,(H,26,27);10,16H,5-9H2,1-4H3,(H,14,17)(H,15,18);1H4. The van der Waals surface area contributed by atoms with Crippen molar-refractivity contribution in [2.24, 2.45) is 10.2 Å². The lowest BCUT2D eigenvalue weighted by Gasteiger charge is -2.26. The number of methoxy groups -OCH3 is 1. The van der Waals surface area contributed by atoms with E-state index in [1.54, 1.807) is 33.1 Å². The van der Waals surface area contributed by atoms with Gasteiger partial charge in [-0.05, 0) is 82.9 Å². The van der Waals surface area contributed by atoms with Crippen LogP contribution in [0.5, 0.6) is 0 Å². The third-order valence-electron chi connectivity index (χ3n) is 7.12. The highest BCUT2D eigenvalue weighted by Gasteiger charge is 2.26. The number of carboxylic acids is 1. The summed E-state index contributed by atoms with van der Waals surface area (Å²) < 4.78 is 15.4. The van der Waals surface area contributed by atoms with Crippen LogP contribution in [0.2, 0.25) is 0 Å². The minimum atomic E-state index is -1.00. The molecule has 0 heterocycles. The van der Waals surface area contributed by atoms with Gasteiger partial charge in [0.1, 0.15) is 18.2 Å². The summed E-state index contributed by atoms with van der Waals surface area (Å²) in [6.45, 7) is 7.19. The molecule has 0 aromatic heterocycles. The molecule has 2 aromatic carbocycles. The molecule has 0 aliphatic carbocycles. The number of nitro groups is 1. The second-order valence-electron chi connectivity index (χ2n) is 11.6. The van der Waals surface area contributed by atoms with Crippen LogP contribution in [0.4, 0.5) is 27.5 Å². The number of nitrogens with zero attached hydrogens (tertiary/aromatic N) is 4. The van der Waals surface area contributed by atoms with Crippen molar-refractivity contribution < 1.29 is 48.5 Å². The number of ether oxygens (including phenoxy) is 3. The number of benzene rings is 2. The van der Waals surface area contributed by atoms with Gasteiger partial charge in [0.25, 0.3) is 5.69 Å². The number of amides is 2.